The van der Waals surface area contributed by atoms with E-state index in [1.165, 1.54) is 0 Å². The summed E-state index contributed by atoms with van der Waals surface area (Å²) in [6, 6.07) is 5.20. The number of amidine groups is 1. The zero-order valence-corrected chi connectivity index (χ0v) is 14.7. The standard InChI is InChI=1S/C15H18Cl2N2O2S/c1-2-21-8-6-14(20)19-7-3-9-22-15(19)18-11-4-5-12(16)13(17)10-11/h4-5,10H,2-3,6-9H2,1H3. The highest BCUT2D eigenvalue weighted by molar-refractivity contribution is 8.13. The van der Waals surface area contributed by atoms with Crippen molar-refractivity contribution >= 4 is 51.7 Å². The number of rotatable bonds is 5. The number of aliphatic imine (C=N–C) groups is 1. The van der Waals surface area contributed by atoms with Crippen molar-refractivity contribution in [1.29, 1.82) is 0 Å². The van der Waals surface area contributed by atoms with Gasteiger partial charge in [-0.2, -0.15) is 0 Å². The van der Waals surface area contributed by atoms with Crippen molar-refractivity contribution in [2.75, 3.05) is 25.5 Å². The number of benzene rings is 1. The molecule has 1 aliphatic rings. The molecule has 1 saturated heterocycles. The number of ether oxygens (including phenoxy) is 1. The summed E-state index contributed by atoms with van der Waals surface area (Å²) in [6.45, 7) is 3.67. The van der Waals surface area contributed by atoms with Gasteiger partial charge in [-0.05, 0) is 31.5 Å². The van der Waals surface area contributed by atoms with Gasteiger partial charge in [-0.1, -0.05) is 35.0 Å². The van der Waals surface area contributed by atoms with Crippen LogP contribution in [0.15, 0.2) is 23.2 Å². The second kappa shape index (κ2) is 8.77. The van der Waals surface area contributed by atoms with Gasteiger partial charge in [0.05, 0.1) is 28.8 Å². The third kappa shape index (κ3) is 4.88. The van der Waals surface area contributed by atoms with Crippen molar-refractivity contribution in [3.8, 4) is 0 Å². The van der Waals surface area contributed by atoms with Gasteiger partial charge in [0.15, 0.2) is 5.17 Å². The van der Waals surface area contributed by atoms with E-state index in [0.717, 1.165) is 12.2 Å². The van der Waals surface area contributed by atoms with E-state index in [9.17, 15) is 4.79 Å². The van der Waals surface area contributed by atoms with E-state index in [0.29, 0.717) is 47.1 Å². The van der Waals surface area contributed by atoms with Gasteiger partial charge in [0.2, 0.25) is 5.91 Å². The molecule has 0 bridgehead atoms. The molecule has 0 aromatic heterocycles. The number of carbonyl (C=O) groups is 1. The van der Waals surface area contributed by atoms with Gasteiger partial charge in [0.1, 0.15) is 0 Å². The molecule has 4 nitrogen and oxygen atoms in total. The molecule has 0 atom stereocenters. The molecule has 0 saturated carbocycles. The molecule has 1 amide bonds. The largest absolute Gasteiger partial charge is 0.381 e. The molecule has 1 fully saturated rings. The topological polar surface area (TPSA) is 41.9 Å². The van der Waals surface area contributed by atoms with Crippen LogP contribution < -0.4 is 0 Å². The van der Waals surface area contributed by atoms with E-state index >= 15 is 0 Å². The highest BCUT2D eigenvalue weighted by atomic mass is 35.5. The lowest BCUT2D eigenvalue weighted by Crippen LogP contribution is -2.39. The smallest absolute Gasteiger partial charge is 0.230 e. The first kappa shape index (κ1) is 17.6. The molecule has 0 aliphatic carbocycles. The fourth-order valence-corrected chi connectivity index (χ4v) is 3.25. The Kier molecular flexibility index (Phi) is 7.02. The number of hydrogen-bond donors (Lipinski definition) is 0. The zero-order chi connectivity index (χ0) is 15.9. The maximum absolute atomic E-state index is 12.3. The number of amides is 1. The molecular weight excluding hydrogens is 343 g/mol. The Morgan fingerprint density at radius 1 is 1.41 bits per heavy atom. The molecule has 1 aromatic rings. The van der Waals surface area contributed by atoms with Gasteiger partial charge in [-0.15, -0.1) is 0 Å². The molecule has 0 radical (unpaired) electrons. The van der Waals surface area contributed by atoms with Crippen LogP contribution in [0.2, 0.25) is 10.0 Å². The maximum atomic E-state index is 12.3. The molecule has 1 aliphatic heterocycles. The number of hydrogen-bond acceptors (Lipinski definition) is 4. The van der Waals surface area contributed by atoms with Crippen LogP contribution in [0.25, 0.3) is 0 Å². The summed E-state index contributed by atoms with van der Waals surface area (Å²) in [5.74, 6) is 0.995. The summed E-state index contributed by atoms with van der Waals surface area (Å²) in [6.07, 6.45) is 1.33. The number of halogens is 2. The normalized spacial score (nSPS) is 17.0. The van der Waals surface area contributed by atoms with Crippen LogP contribution in [0, 0.1) is 0 Å². The summed E-state index contributed by atoms with van der Waals surface area (Å²) in [4.78, 5) is 18.6. The van der Waals surface area contributed by atoms with Gasteiger partial charge >= 0.3 is 0 Å². The van der Waals surface area contributed by atoms with Crippen molar-refractivity contribution in [1.82, 2.24) is 4.90 Å². The third-order valence-corrected chi connectivity index (χ3v) is 4.88. The van der Waals surface area contributed by atoms with Crippen LogP contribution in [0.3, 0.4) is 0 Å². The first-order valence-electron chi connectivity index (χ1n) is 7.16. The second-order valence-corrected chi connectivity index (χ2v) is 6.56. The minimum atomic E-state index is 0.0412. The highest BCUT2D eigenvalue weighted by Gasteiger charge is 2.23. The van der Waals surface area contributed by atoms with Crippen LogP contribution in [-0.2, 0) is 9.53 Å². The molecule has 120 valence electrons. The Morgan fingerprint density at radius 3 is 2.95 bits per heavy atom. The van der Waals surface area contributed by atoms with Crippen LogP contribution in [-0.4, -0.2) is 41.5 Å². The van der Waals surface area contributed by atoms with Crippen LogP contribution in [0.5, 0.6) is 0 Å². The SMILES string of the molecule is CCOCCC(=O)N1CCCSC1=Nc1ccc(Cl)c(Cl)c1. The Balaban J connectivity index is 2.12. The minimum absolute atomic E-state index is 0.0412. The van der Waals surface area contributed by atoms with Gasteiger partial charge in [-0.3, -0.25) is 9.69 Å². The quantitative estimate of drug-likeness (QED) is 0.732. The summed E-state index contributed by atoms with van der Waals surface area (Å²) in [5.41, 5.74) is 0.696. The summed E-state index contributed by atoms with van der Waals surface area (Å²) in [5, 5.41) is 1.66. The van der Waals surface area contributed by atoms with Gasteiger partial charge in [0.25, 0.3) is 0 Å². The Morgan fingerprint density at radius 2 is 2.23 bits per heavy atom. The fraction of sp³-hybridized carbons (Fsp3) is 0.467. The number of thioether (sulfide) groups is 1. The summed E-state index contributed by atoms with van der Waals surface area (Å²) >= 11 is 13.5. The van der Waals surface area contributed by atoms with Crippen molar-refractivity contribution in [3.05, 3.63) is 28.2 Å². The zero-order valence-electron chi connectivity index (χ0n) is 12.3. The summed E-state index contributed by atoms with van der Waals surface area (Å²) in [7, 11) is 0. The average molecular weight is 361 g/mol. The lowest BCUT2D eigenvalue weighted by molar-refractivity contribution is -0.128. The van der Waals surface area contributed by atoms with Crippen LogP contribution >= 0.6 is 35.0 Å². The molecule has 22 heavy (non-hydrogen) atoms. The molecule has 0 spiro atoms. The van der Waals surface area contributed by atoms with Crippen molar-refractivity contribution in [2.24, 2.45) is 4.99 Å². The molecule has 1 aromatic carbocycles. The number of carbonyl (C=O) groups excluding carboxylic acids is 1. The first-order chi connectivity index (χ1) is 10.6. The first-order valence-corrected chi connectivity index (χ1v) is 8.90. The Hall–Kier alpha value is -0.750. The summed E-state index contributed by atoms with van der Waals surface area (Å²) < 4.78 is 5.25. The highest BCUT2D eigenvalue weighted by Crippen LogP contribution is 2.29. The van der Waals surface area contributed by atoms with E-state index < -0.39 is 0 Å². The Bertz CT molecular complexity index is 566. The van der Waals surface area contributed by atoms with Gasteiger partial charge in [0, 0.05) is 18.9 Å². The third-order valence-electron chi connectivity index (χ3n) is 3.08. The molecular formula is C15H18Cl2N2O2S. The molecule has 1 heterocycles. The van der Waals surface area contributed by atoms with Crippen LogP contribution in [0.4, 0.5) is 5.69 Å². The van der Waals surface area contributed by atoms with E-state index in [1.54, 1.807) is 34.9 Å². The Labute approximate surface area is 144 Å². The molecule has 2 rings (SSSR count). The minimum Gasteiger partial charge on any atom is -0.381 e. The van der Waals surface area contributed by atoms with E-state index in [4.69, 9.17) is 27.9 Å². The monoisotopic (exact) mass is 360 g/mol. The predicted molar refractivity (Wildman–Crippen MR) is 93.5 cm³/mol. The second-order valence-electron chi connectivity index (χ2n) is 4.69. The average Bonchev–Trinajstić information content (AvgIpc) is 2.51. The molecule has 7 heteroatoms. The van der Waals surface area contributed by atoms with E-state index in [2.05, 4.69) is 4.99 Å². The molecule has 0 N–H and O–H groups in total. The van der Waals surface area contributed by atoms with Gasteiger partial charge < -0.3 is 4.74 Å². The van der Waals surface area contributed by atoms with E-state index in [1.807, 2.05) is 6.92 Å². The lowest BCUT2D eigenvalue weighted by atomic mass is 10.3. The van der Waals surface area contributed by atoms with Crippen LogP contribution in [0.1, 0.15) is 19.8 Å². The lowest BCUT2D eigenvalue weighted by Gasteiger charge is -2.27. The maximum Gasteiger partial charge on any atom is 0.230 e. The molecule has 0 unspecified atom stereocenters. The van der Waals surface area contributed by atoms with E-state index in [-0.39, 0.29) is 5.91 Å². The van der Waals surface area contributed by atoms with Gasteiger partial charge in [-0.25, -0.2) is 4.99 Å². The van der Waals surface area contributed by atoms with Crippen molar-refractivity contribution < 1.29 is 9.53 Å². The predicted octanol–water partition coefficient (Wildman–Crippen LogP) is 4.37. The number of nitrogens with zero attached hydrogens (tertiary/aromatic N) is 2. The fourth-order valence-electron chi connectivity index (χ4n) is 1.99. The van der Waals surface area contributed by atoms with Crippen molar-refractivity contribution in [3.63, 3.8) is 0 Å². The van der Waals surface area contributed by atoms with Crippen molar-refractivity contribution in [2.45, 2.75) is 19.8 Å².